The summed E-state index contributed by atoms with van der Waals surface area (Å²) in [5.74, 6) is 0.920. The van der Waals surface area contributed by atoms with E-state index in [2.05, 4.69) is 74.8 Å². The van der Waals surface area contributed by atoms with Crippen molar-refractivity contribution in [1.82, 2.24) is 0 Å². The van der Waals surface area contributed by atoms with E-state index in [-0.39, 0.29) is 12.4 Å². The molecular weight excluding hydrogens is 330 g/mol. The summed E-state index contributed by atoms with van der Waals surface area (Å²) in [5.41, 5.74) is 5.05. The molecule has 3 heteroatoms. The highest BCUT2D eigenvalue weighted by Crippen LogP contribution is 2.22. The molecule has 0 bridgehead atoms. The fourth-order valence-corrected chi connectivity index (χ4v) is 2.67. The third kappa shape index (κ3) is 5.35. The van der Waals surface area contributed by atoms with Crippen molar-refractivity contribution in [2.24, 2.45) is 0 Å². The minimum absolute atomic E-state index is 0. The van der Waals surface area contributed by atoms with Gasteiger partial charge in [0.2, 0.25) is 0 Å². The summed E-state index contributed by atoms with van der Waals surface area (Å²) in [7, 11) is 4.27. The predicted octanol–water partition coefficient (Wildman–Crippen LogP) is 0.755. The average Bonchev–Trinajstić information content (AvgIpc) is 2.63. The topological polar surface area (TPSA) is 13.7 Å². The quantitative estimate of drug-likeness (QED) is 0.690. The summed E-state index contributed by atoms with van der Waals surface area (Å²) in [5, 5.41) is 0. The van der Waals surface area contributed by atoms with Crippen molar-refractivity contribution in [3.8, 4) is 16.9 Å². The lowest BCUT2D eigenvalue weighted by atomic mass is 10.1. The van der Waals surface area contributed by atoms with Crippen LogP contribution in [0.25, 0.3) is 11.1 Å². The zero-order valence-electron chi connectivity index (χ0n) is 14.7. The van der Waals surface area contributed by atoms with Crippen LogP contribution < -0.4 is 22.0 Å². The molecule has 0 unspecified atom stereocenters. The van der Waals surface area contributed by atoms with Gasteiger partial charge in [0.05, 0.1) is 20.7 Å². The Bertz CT molecular complexity index is 752. The van der Waals surface area contributed by atoms with Gasteiger partial charge in [-0.25, -0.2) is 0 Å². The molecule has 0 spiro atoms. The first-order chi connectivity index (χ1) is 11.7. The van der Waals surface area contributed by atoms with Crippen LogP contribution in [-0.2, 0) is 6.42 Å². The molecule has 3 aromatic carbocycles. The molecule has 0 heterocycles. The lowest BCUT2D eigenvalue weighted by Crippen LogP contribution is -3.00. The molecule has 0 aliphatic carbocycles. The Morgan fingerprint density at radius 1 is 0.720 bits per heavy atom. The maximum atomic E-state index is 5.87. The van der Waals surface area contributed by atoms with Gasteiger partial charge in [-0.15, -0.1) is 0 Å². The first kappa shape index (κ1) is 19.0. The van der Waals surface area contributed by atoms with Crippen molar-refractivity contribution in [3.63, 3.8) is 0 Å². The largest absolute Gasteiger partial charge is 1.00 e. The van der Waals surface area contributed by atoms with Gasteiger partial charge < -0.3 is 22.0 Å². The maximum Gasteiger partial charge on any atom is 0.130 e. The van der Waals surface area contributed by atoms with E-state index in [1.165, 1.54) is 27.3 Å². The summed E-state index contributed by atoms with van der Waals surface area (Å²) in [6, 6.07) is 27.4. The number of rotatable bonds is 6. The van der Waals surface area contributed by atoms with E-state index >= 15 is 0 Å². The van der Waals surface area contributed by atoms with E-state index in [0.717, 1.165) is 12.2 Å². The lowest BCUT2D eigenvalue weighted by molar-refractivity contribution is -0.786. The van der Waals surface area contributed by atoms with E-state index in [4.69, 9.17) is 4.74 Å². The third-order valence-electron chi connectivity index (χ3n) is 4.15. The van der Waals surface area contributed by atoms with Crippen LogP contribution in [0.2, 0.25) is 0 Å². The number of nitrogens with one attached hydrogen (secondary N) is 1. The molecular formula is C22H24ClNO. The van der Waals surface area contributed by atoms with Crippen LogP contribution in [0.4, 0.5) is 5.69 Å². The van der Waals surface area contributed by atoms with E-state index < -0.39 is 0 Å². The van der Waals surface area contributed by atoms with Crippen LogP contribution in [-0.4, -0.2) is 20.7 Å². The number of hydrogen-bond donors (Lipinski definition) is 1. The van der Waals surface area contributed by atoms with Gasteiger partial charge in [-0.2, -0.15) is 0 Å². The second-order valence-corrected chi connectivity index (χ2v) is 6.19. The fraction of sp³-hybridized carbons (Fsp3) is 0.182. The van der Waals surface area contributed by atoms with E-state index in [9.17, 15) is 0 Å². The summed E-state index contributed by atoms with van der Waals surface area (Å²) in [4.78, 5) is 1.34. The van der Waals surface area contributed by atoms with Gasteiger partial charge in [0, 0.05) is 6.42 Å². The van der Waals surface area contributed by atoms with Gasteiger partial charge in [0.15, 0.2) is 0 Å². The molecule has 0 fully saturated rings. The maximum absolute atomic E-state index is 5.87. The smallest absolute Gasteiger partial charge is 0.130 e. The van der Waals surface area contributed by atoms with Crippen LogP contribution in [0.1, 0.15) is 5.56 Å². The van der Waals surface area contributed by atoms with Gasteiger partial charge in [-0.1, -0.05) is 54.6 Å². The third-order valence-corrected chi connectivity index (χ3v) is 4.15. The number of halogens is 1. The molecule has 25 heavy (non-hydrogen) atoms. The molecule has 3 rings (SSSR count). The molecule has 0 aliphatic heterocycles. The van der Waals surface area contributed by atoms with E-state index in [1.807, 2.05) is 18.2 Å². The van der Waals surface area contributed by atoms with Gasteiger partial charge >= 0.3 is 0 Å². The predicted molar refractivity (Wildman–Crippen MR) is 100.0 cm³/mol. The zero-order valence-corrected chi connectivity index (χ0v) is 15.5. The van der Waals surface area contributed by atoms with Gasteiger partial charge in [-0.3, -0.25) is 0 Å². The molecule has 3 aromatic rings. The Morgan fingerprint density at radius 3 is 1.92 bits per heavy atom. The van der Waals surface area contributed by atoms with Crippen LogP contribution >= 0.6 is 0 Å². The first-order valence-electron chi connectivity index (χ1n) is 8.40. The van der Waals surface area contributed by atoms with Crippen LogP contribution in [0, 0.1) is 0 Å². The molecule has 0 saturated heterocycles. The van der Waals surface area contributed by atoms with Crippen LogP contribution in [0.3, 0.4) is 0 Å². The summed E-state index contributed by atoms with van der Waals surface area (Å²) in [6.45, 7) is 0.693. The van der Waals surface area contributed by atoms with E-state index in [0.29, 0.717) is 6.61 Å². The summed E-state index contributed by atoms with van der Waals surface area (Å²) < 4.78 is 5.87. The molecule has 0 aromatic heterocycles. The summed E-state index contributed by atoms with van der Waals surface area (Å²) >= 11 is 0. The fourth-order valence-electron chi connectivity index (χ4n) is 2.67. The monoisotopic (exact) mass is 353 g/mol. The van der Waals surface area contributed by atoms with E-state index in [1.54, 1.807) is 0 Å². The van der Waals surface area contributed by atoms with Crippen molar-refractivity contribution in [1.29, 1.82) is 0 Å². The van der Waals surface area contributed by atoms with Crippen LogP contribution in [0.5, 0.6) is 5.75 Å². The Labute approximate surface area is 156 Å². The minimum atomic E-state index is 0. The average molecular weight is 354 g/mol. The van der Waals surface area contributed by atoms with Crippen molar-refractivity contribution < 1.29 is 22.0 Å². The molecule has 0 aliphatic rings. The second kappa shape index (κ2) is 9.26. The highest BCUT2D eigenvalue weighted by Gasteiger charge is 2.01. The Morgan fingerprint density at radius 2 is 1.32 bits per heavy atom. The van der Waals surface area contributed by atoms with Gasteiger partial charge in [0.1, 0.15) is 11.4 Å². The molecule has 0 radical (unpaired) electrons. The summed E-state index contributed by atoms with van der Waals surface area (Å²) in [6.07, 6.45) is 0.920. The van der Waals surface area contributed by atoms with Crippen molar-refractivity contribution >= 4 is 5.69 Å². The lowest BCUT2D eigenvalue weighted by Gasteiger charge is -2.09. The molecule has 130 valence electrons. The Hall–Kier alpha value is -2.29. The van der Waals surface area contributed by atoms with Crippen molar-refractivity contribution in [3.05, 3.63) is 84.4 Å². The zero-order chi connectivity index (χ0) is 16.8. The molecule has 0 amide bonds. The SMILES string of the molecule is C[NH+](C)c1ccc(CCOc2ccc(-c3ccccc3)cc2)cc1.[Cl-]. The minimum Gasteiger partial charge on any atom is -1.00 e. The molecule has 0 saturated carbocycles. The second-order valence-electron chi connectivity index (χ2n) is 6.19. The Kier molecular flexibility index (Phi) is 7.05. The molecule has 1 N–H and O–H groups in total. The highest BCUT2D eigenvalue weighted by atomic mass is 35.5. The first-order valence-corrected chi connectivity index (χ1v) is 8.40. The van der Waals surface area contributed by atoms with Crippen LogP contribution in [0.15, 0.2) is 78.9 Å². The highest BCUT2D eigenvalue weighted by molar-refractivity contribution is 5.63. The van der Waals surface area contributed by atoms with Gasteiger partial charge in [0.25, 0.3) is 0 Å². The van der Waals surface area contributed by atoms with Crippen molar-refractivity contribution in [2.75, 3.05) is 20.7 Å². The normalized spacial score (nSPS) is 10.4. The number of benzene rings is 3. The van der Waals surface area contributed by atoms with Gasteiger partial charge in [-0.05, 0) is 41.0 Å². The number of ether oxygens (including phenoxy) is 1. The van der Waals surface area contributed by atoms with Crippen molar-refractivity contribution in [2.45, 2.75) is 6.42 Å². The number of quaternary nitrogens is 1. The Balaban J connectivity index is 0.00000225. The molecule has 2 nitrogen and oxygen atoms in total. The standard InChI is InChI=1S/C22H23NO.ClH/c1-23(2)21-12-8-18(9-13-21)16-17-24-22-14-10-20(11-15-22)19-6-4-3-5-7-19;/h3-15H,16-17H2,1-2H3;1H. The molecule has 0 atom stereocenters. The number of hydrogen-bond acceptors (Lipinski definition) is 1.